The van der Waals surface area contributed by atoms with Crippen LogP contribution in [0.15, 0.2) is 54.7 Å². The number of amides is 2. The number of carbonyl (C=O) groups is 2. The molecule has 0 atom stereocenters. The highest BCUT2D eigenvalue weighted by Gasteiger charge is 2.28. The molecule has 2 heterocycles. The maximum absolute atomic E-state index is 13.3. The third-order valence-electron chi connectivity index (χ3n) is 5.85. The summed E-state index contributed by atoms with van der Waals surface area (Å²) in [4.78, 5) is 33.9. The van der Waals surface area contributed by atoms with E-state index in [1.54, 1.807) is 16.9 Å². The lowest BCUT2D eigenvalue weighted by molar-refractivity contribution is -0.133. The van der Waals surface area contributed by atoms with Crippen LogP contribution in [0, 0.1) is 0 Å². The average molecular weight is 511 g/mol. The fourth-order valence-corrected chi connectivity index (χ4v) is 4.10. The normalized spacial score (nSPS) is 14.0. The number of halogens is 1. The van der Waals surface area contributed by atoms with Crippen LogP contribution >= 0.6 is 11.6 Å². The molecule has 0 aliphatic carbocycles. The molecule has 0 bridgehead atoms. The molecule has 4 rings (SSSR count). The average Bonchev–Trinajstić information content (AvgIpc) is 3.27. The minimum Gasteiger partial charge on any atom is -0.497 e. The van der Waals surface area contributed by atoms with Gasteiger partial charge in [-0.25, -0.2) is 9.78 Å². The highest BCUT2D eigenvalue weighted by Crippen LogP contribution is 2.27. The molecule has 1 saturated heterocycles. The minimum atomic E-state index is -0.550. The summed E-state index contributed by atoms with van der Waals surface area (Å²) in [6.45, 7) is 7.44. The van der Waals surface area contributed by atoms with E-state index in [1.807, 2.05) is 80.1 Å². The van der Waals surface area contributed by atoms with E-state index < -0.39 is 5.60 Å². The summed E-state index contributed by atoms with van der Waals surface area (Å²) in [5.41, 5.74) is 1.98. The molecular weight excluding hydrogens is 480 g/mol. The summed E-state index contributed by atoms with van der Waals surface area (Å²) >= 11 is 6.06. The summed E-state index contributed by atoms with van der Waals surface area (Å²) in [6.07, 6.45) is 1.54. The fourth-order valence-electron chi connectivity index (χ4n) is 3.98. The molecule has 0 unspecified atom stereocenters. The van der Waals surface area contributed by atoms with Crippen molar-refractivity contribution in [1.29, 1.82) is 0 Å². The van der Waals surface area contributed by atoms with Gasteiger partial charge in [-0.2, -0.15) is 0 Å². The van der Waals surface area contributed by atoms with Crippen molar-refractivity contribution in [3.05, 3.63) is 59.8 Å². The van der Waals surface area contributed by atoms with Crippen LogP contribution < -0.4 is 4.74 Å². The molecule has 2 aromatic carbocycles. The summed E-state index contributed by atoms with van der Waals surface area (Å²) in [7, 11) is 1.62. The van der Waals surface area contributed by atoms with Crippen molar-refractivity contribution in [2.45, 2.75) is 32.9 Å². The number of hydrogen-bond acceptors (Lipinski definition) is 5. The Bertz CT molecular complexity index is 1210. The van der Waals surface area contributed by atoms with E-state index in [4.69, 9.17) is 26.1 Å². The standard InChI is InChI=1S/C27H31ClN4O4/c1-27(2,3)36-26(34)31-15-13-30(14-16-31)24(33)18-32-17-23(19-5-9-21(28)10-6-19)29-25(32)20-7-11-22(35-4)12-8-20/h5-12,17H,13-16,18H2,1-4H3. The number of piperazine rings is 1. The van der Waals surface area contributed by atoms with Crippen LogP contribution in [0.5, 0.6) is 5.75 Å². The van der Waals surface area contributed by atoms with Crippen molar-refractivity contribution in [2.24, 2.45) is 0 Å². The summed E-state index contributed by atoms with van der Waals surface area (Å²) in [5.74, 6) is 1.39. The molecule has 3 aromatic rings. The van der Waals surface area contributed by atoms with E-state index in [9.17, 15) is 9.59 Å². The Morgan fingerprint density at radius 1 is 0.917 bits per heavy atom. The highest BCUT2D eigenvalue weighted by molar-refractivity contribution is 6.30. The van der Waals surface area contributed by atoms with E-state index in [2.05, 4.69) is 0 Å². The highest BCUT2D eigenvalue weighted by atomic mass is 35.5. The number of aromatic nitrogens is 2. The molecule has 8 nitrogen and oxygen atoms in total. The number of rotatable bonds is 5. The second kappa shape index (κ2) is 10.6. The van der Waals surface area contributed by atoms with Gasteiger partial charge in [0.15, 0.2) is 0 Å². The molecule has 1 aromatic heterocycles. The Morgan fingerprint density at radius 2 is 1.50 bits per heavy atom. The van der Waals surface area contributed by atoms with Gasteiger partial charge in [-0.1, -0.05) is 23.7 Å². The summed E-state index contributed by atoms with van der Waals surface area (Å²) in [5, 5.41) is 0.647. The molecule has 36 heavy (non-hydrogen) atoms. The number of ether oxygens (including phenoxy) is 2. The molecule has 1 aliphatic rings. The SMILES string of the molecule is COc1ccc(-c2nc(-c3ccc(Cl)cc3)cn2CC(=O)N2CCN(C(=O)OC(C)(C)C)CC2)cc1. The molecule has 0 spiro atoms. The Hall–Kier alpha value is -3.52. The molecule has 190 valence electrons. The molecule has 2 amide bonds. The molecule has 9 heteroatoms. The van der Waals surface area contributed by atoms with Crippen LogP contribution in [0.25, 0.3) is 22.6 Å². The Morgan fingerprint density at radius 3 is 2.08 bits per heavy atom. The fraction of sp³-hybridized carbons (Fsp3) is 0.370. The number of benzene rings is 2. The van der Waals surface area contributed by atoms with Gasteiger partial charge < -0.3 is 23.8 Å². The van der Waals surface area contributed by atoms with Gasteiger partial charge in [-0.15, -0.1) is 0 Å². The molecule has 0 saturated carbocycles. The molecule has 1 fully saturated rings. The zero-order valence-corrected chi connectivity index (χ0v) is 21.8. The smallest absolute Gasteiger partial charge is 0.410 e. The first-order chi connectivity index (χ1) is 17.1. The summed E-state index contributed by atoms with van der Waals surface area (Å²) in [6, 6.07) is 15.0. The van der Waals surface area contributed by atoms with Gasteiger partial charge in [0.2, 0.25) is 5.91 Å². The lowest BCUT2D eigenvalue weighted by Gasteiger charge is -2.35. The van der Waals surface area contributed by atoms with Crippen LogP contribution in [0.2, 0.25) is 5.02 Å². The van der Waals surface area contributed by atoms with Crippen LogP contribution in [-0.2, 0) is 16.1 Å². The largest absolute Gasteiger partial charge is 0.497 e. The lowest BCUT2D eigenvalue weighted by atomic mass is 10.2. The molecule has 0 radical (unpaired) electrons. The van der Waals surface area contributed by atoms with Gasteiger partial charge in [0.1, 0.15) is 23.7 Å². The first-order valence-electron chi connectivity index (χ1n) is 11.9. The van der Waals surface area contributed by atoms with Crippen LogP contribution in [-0.4, -0.2) is 70.2 Å². The molecular formula is C27H31ClN4O4. The number of nitrogens with zero attached hydrogens (tertiary/aromatic N) is 4. The van der Waals surface area contributed by atoms with E-state index in [1.165, 1.54) is 0 Å². The van der Waals surface area contributed by atoms with E-state index in [-0.39, 0.29) is 18.5 Å². The summed E-state index contributed by atoms with van der Waals surface area (Å²) < 4.78 is 12.6. The van der Waals surface area contributed by atoms with E-state index >= 15 is 0 Å². The van der Waals surface area contributed by atoms with Crippen LogP contribution in [0.3, 0.4) is 0 Å². The maximum Gasteiger partial charge on any atom is 0.410 e. The Balaban J connectivity index is 1.52. The second-order valence-corrected chi connectivity index (χ2v) is 10.1. The van der Waals surface area contributed by atoms with Crippen molar-refractivity contribution in [3.63, 3.8) is 0 Å². The number of imidazole rings is 1. The lowest BCUT2D eigenvalue weighted by Crippen LogP contribution is -2.52. The Kier molecular flexibility index (Phi) is 7.54. The van der Waals surface area contributed by atoms with Gasteiger partial charge in [0.05, 0.1) is 12.8 Å². The van der Waals surface area contributed by atoms with Gasteiger partial charge in [-0.3, -0.25) is 4.79 Å². The number of hydrogen-bond donors (Lipinski definition) is 0. The quantitative estimate of drug-likeness (QED) is 0.485. The minimum absolute atomic E-state index is 0.0337. The number of carbonyl (C=O) groups excluding carboxylic acids is 2. The third kappa shape index (κ3) is 6.18. The predicted octanol–water partition coefficient (Wildman–Crippen LogP) is 4.96. The second-order valence-electron chi connectivity index (χ2n) is 9.66. The molecule has 1 aliphatic heterocycles. The predicted molar refractivity (Wildman–Crippen MR) is 139 cm³/mol. The van der Waals surface area contributed by atoms with Gasteiger partial charge in [0.25, 0.3) is 0 Å². The zero-order chi connectivity index (χ0) is 25.9. The maximum atomic E-state index is 13.3. The van der Waals surface area contributed by atoms with Crippen molar-refractivity contribution >= 4 is 23.6 Å². The van der Waals surface area contributed by atoms with Crippen molar-refractivity contribution < 1.29 is 19.1 Å². The van der Waals surface area contributed by atoms with Crippen molar-refractivity contribution in [1.82, 2.24) is 19.4 Å². The van der Waals surface area contributed by atoms with Gasteiger partial charge >= 0.3 is 6.09 Å². The number of methoxy groups -OCH3 is 1. The molecule has 0 N–H and O–H groups in total. The first-order valence-corrected chi connectivity index (χ1v) is 12.2. The van der Waals surface area contributed by atoms with E-state index in [0.717, 1.165) is 22.6 Å². The third-order valence-corrected chi connectivity index (χ3v) is 6.11. The Labute approximate surface area is 216 Å². The monoisotopic (exact) mass is 510 g/mol. The van der Waals surface area contributed by atoms with E-state index in [0.29, 0.717) is 37.0 Å². The van der Waals surface area contributed by atoms with Gasteiger partial charge in [0, 0.05) is 48.5 Å². The van der Waals surface area contributed by atoms with Crippen LogP contribution in [0.4, 0.5) is 4.79 Å². The van der Waals surface area contributed by atoms with Gasteiger partial charge in [-0.05, 0) is 57.2 Å². The topological polar surface area (TPSA) is 76.9 Å². The van der Waals surface area contributed by atoms with Crippen LogP contribution in [0.1, 0.15) is 20.8 Å². The first kappa shape index (κ1) is 25.6. The van der Waals surface area contributed by atoms with Crippen molar-refractivity contribution in [2.75, 3.05) is 33.3 Å². The van der Waals surface area contributed by atoms with Crippen molar-refractivity contribution in [3.8, 4) is 28.4 Å². The zero-order valence-electron chi connectivity index (χ0n) is 21.0.